The summed E-state index contributed by atoms with van der Waals surface area (Å²) in [4.78, 5) is 10.7. The molecule has 0 aromatic heterocycles. The van der Waals surface area contributed by atoms with E-state index in [-0.39, 0.29) is 12.1 Å². The minimum absolute atomic E-state index is 0.258. The number of hydrogen-bond donors (Lipinski definition) is 0. The maximum Gasteiger partial charge on any atom is 0.303 e. The molecule has 0 spiro atoms. The van der Waals surface area contributed by atoms with Crippen LogP contribution in [-0.4, -0.2) is 37.5 Å². The molecule has 1 rings (SSSR count). The van der Waals surface area contributed by atoms with E-state index in [1.165, 1.54) is 6.92 Å². The zero-order chi connectivity index (χ0) is 9.90. The van der Waals surface area contributed by atoms with Crippen molar-refractivity contribution in [2.45, 2.75) is 32.5 Å². The average Bonchev–Trinajstić information content (AvgIpc) is 2.67. The van der Waals surface area contributed by atoms with Crippen molar-refractivity contribution in [2.75, 3.05) is 19.8 Å². The fourth-order valence-electron chi connectivity index (χ4n) is 1.02. The summed E-state index contributed by atoms with van der Waals surface area (Å²) in [6.07, 6.45) is 0.258. The van der Waals surface area contributed by atoms with Gasteiger partial charge in [-0.2, -0.15) is 0 Å². The minimum Gasteiger partial charge on any atom is -0.457 e. The van der Waals surface area contributed by atoms with Crippen LogP contribution in [0, 0.1) is 0 Å². The Labute approximate surface area is 78.2 Å². The highest BCUT2D eigenvalue weighted by Crippen LogP contribution is 2.13. The molecule has 0 aromatic rings. The molecular weight excluding hydrogens is 172 g/mol. The lowest BCUT2D eigenvalue weighted by Gasteiger charge is -2.23. The molecule has 0 radical (unpaired) electrons. The molecule has 13 heavy (non-hydrogen) atoms. The summed E-state index contributed by atoms with van der Waals surface area (Å²) in [5.41, 5.74) is -0.541. The molecule has 1 saturated heterocycles. The van der Waals surface area contributed by atoms with Crippen LogP contribution in [0.3, 0.4) is 0 Å². The van der Waals surface area contributed by atoms with Gasteiger partial charge in [-0.05, 0) is 13.8 Å². The van der Waals surface area contributed by atoms with Gasteiger partial charge in [-0.15, -0.1) is 0 Å². The van der Waals surface area contributed by atoms with Gasteiger partial charge in [0.15, 0.2) is 0 Å². The van der Waals surface area contributed by atoms with Crippen LogP contribution in [0.4, 0.5) is 0 Å². The smallest absolute Gasteiger partial charge is 0.303 e. The molecular formula is C9H16O4. The molecule has 1 fully saturated rings. The lowest BCUT2D eigenvalue weighted by Crippen LogP contribution is -2.33. The van der Waals surface area contributed by atoms with Gasteiger partial charge < -0.3 is 14.2 Å². The molecule has 0 saturated carbocycles. The van der Waals surface area contributed by atoms with Gasteiger partial charge in [-0.3, -0.25) is 4.79 Å². The lowest BCUT2D eigenvalue weighted by atomic mass is 10.1. The van der Waals surface area contributed by atoms with Gasteiger partial charge in [0, 0.05) is 6.92 Å². The van der Waals surface area contributed by atoms with Crippen LogP contribution < -0.4 is 0 Å². The van der Waals surface area contributed by atoms with E-state index in [2.05, 4.69) is 0 Å². The number of hydrogen-bond acceptors (Lipinski definition) is 4. The second-order valence-corrected chi connectivity index (χ2v) is 3.82. The standard InChI is InChI=1S/C9H16O4/c1-7(10)13-9(2,3)6-11-4-8-5-12-8/h8H,4-6H2,1-3H3. The molecule has 1 atom stereocenters. The van der Waals surface area contributed by atoms with Gasteiger partial charge in [0.05, 0.1) is 19.8 Å². The maximum absolute atomic E-state index is 10.7. The number of epoxide rings is 1. The van der Waals surface area contributed by atoms with Crippen molar-refractivity contribution in [3.8, 4) is 0 Å². The summed E-state index contributed by atoms with van der Waals surface area (Å²) in [5, 5.41) is 0. The summed E-state index contributed by atoms with van der Waals surface area (Å²) >= 11 is 0. The van der Waals surface area contributed by atoms with Crippen LogP contribution in [0.15, 0.2) is 0 Å². The molecule has 4 nitrogen and oxygen atoms in total. The summed E-state index contributed by atoms with van der Waals surface area (Å²) in [6, 6.07) is 0. The minimum atomic E-state index is -0.541. The average molecular weight is 188 g/mol. The third-order valence-corrected chi connectivity index (χ3v) is 1.58. The zero-order valence-corrected chi connectivity index (χ0v) is 8.33. The first-order valence-electron chi connectivity index (χ1n) is 4.38. The molecule has 1 aliphatic rings. The second-order valence-electron chi connectivity index (χ2n) is 3.82. The van der Waals surface area contributed by atoms with E-state index in [1.54, 1.807) is 0 Å². The monoisotopic (exact) mass is 188 g/mol. The predicted molar refractivity (Wildman–Crippen MR) is 46.4 cm³/mol. The van der Waals surface area contributed by atoms with Crippen molar-refractivity contribution in [1.82, 2.24) is 0 Å². The third-order valence-electron chi connectivity index (χ3n) is 1.58. The van der Waals surface area contributed by atoms with E-state index in [4.69, 9.17) is 14.2 Å². The van der Waals surface area contributed by atoms with Gasteiger partial charge in [-0.25, -0.2) is 0 Å². The summed E-state index contributed by atoms with van der Waals surface area (Å²) < 4.78 is 15.3. The molecule has 76 valence electrons. The first-order valence-corrected chi connectivity index (χ1v) is 4.38. The number of carbonyl (C=O) groups is 1. The Balaban J connectivity index is 2.11. The number of esters is 1. The van der Waals surface area contributed by atoms with Crippen molar-refractivity contribution in [2.24, 2.45) is 0 Å². The molecule has 0 N–H and O–H groups in total. The lowest BCUT2D eigenvalue weighted by molar-refractivity contribution is -0.159. The summed E-state index contributed by atoms with van der Waals surface area (Å²) in [7, 11) is 0. The number of ether oxygens (including phenoxy) is 3. The summed E-state index contributed by atoms with van der Waals surface area (Å²) in [6.45, 7) is 6.82. The Morgan fingerprint density at radius 1 is 1.62 bits per heavy atom. The second kappa shape index (κ2) is 4.07. The number of carbonyl (C=O) groups excluding carboxylic acids is 1. The van der Waals surface area contributed by atoms with Crippen molar-refractivity contribution < 1.29 is 19.0 Å². The Bertz CT molecular complexity index is 184. The van der Waals surface area contributed by atoms with E-state index < -0.39 is 5.60 Å². The topological polar surface area (TPSA) is 48.1 Å². The Morgan fingerprint density at radius 2 is 2.23 bits per heavy atom. The maximum atomic E-state index is 10.7. The molecule has 0 aromatic carbocycles. The van der Waals surface area contributed by atoms with Gasteiger partial charge in [0.25, 0.3) is 0 Å². The van der Waals surface area contributed by atoms with Crippen LogP contribution >= 0.6 is 0 Å². The SMILES string of the molecule is CC(=O)OC(C)(C)COCC1CO1. The highest BCUT2D eigenvalue weighted by atomic mass is 16.6. The molecule has 1 aliphatic heterocycles. The largest absolute Gasteiger partial charge is 0.457 e. The van der Waals surface area contributed by atoms with E-state index >= 15 is 0 Å². The molecule has 1 heterocycles. The quantitative estimate of drug-likeness (QED) is 0.471. The van der Waals surface area contributed by atoms with E-state index in [0.717, 1.165) is 6.61 Å². The van der Waals surface area contributed by atoms with Crippen LogP contribution in [0.25, 0.3) is 0 Å². The fourth-order valence-corrected chi connectivity index (χ4v) is 1.02. The molecule has 4 heteroatoms. The van der Waals surface area contributed by atoms with Crippen molar-refractivity contribution in [3.63, 3.8) is 0 Å². The van der Waals surface area contributed by atoms with Crippen molar-refractivity contribution in [3.05, 3.63) is 0 Å². The van der Waals surface area contributed by atoms with E-state index in [0.29, 0.717) is 13.2 Å². The van der Waals surface area contributed by atoms with Crippen LogP contribution in [0.2, 0.25) is 0 Å². The Hall–Kier alpha value is -0.610. The zero-order valence-electron chi connectivity index (χ0n) is 8.33. The fraction of sp³-hybridized carbons (Fsp3) is 0.889. The van der Waals surface area contributed by atoms with Crippen LogP contribution in [0.1, 0.15) is 20.8 Å². The highest BCUT2D eigenvalue weighted by Gasteiger charge is 2.26. The van der Waals surface area contributed by atoms with Gasteiger partial charge in [0.1, 0.15) is 11.7 Å². The summed E-state index contributed by atoms with van der Waals surface area (Å²) in [5.74, 6) is -0.281. The third kappa shape index (κ3) is 4.85. The normalized spacial score (nSPS) is 21.3. The first kappa shape index (κ1) is 10.5. The van der Waals surface area contributed by atoms with Crippen molar-refractivity contribution in [1.29, 1.82) is 0 Å². The van der Waals surface area contributed by atoms with E-state index in [1.807, 2.05) is 13.8 Å². The van der Waals surface area contributed by atoms with Crippen molar-refractivity contribution >= 4 is 5.97 Å². The molecule has 0 amide bonds. The highest BCUT2D eigenvalue weighted by molar-refractivity contribution is 5.66. The predicted octanol–water partition coefficient (Wildman–Crippen LogP) is 0.743. The van der Waals surface area contributed by atoms with Gasteiger partial charge >= 0.3 is 5.97 Å². The Kier molecular flexibility index (Phi) is 3.27. The van der Waals surface area contributed by atoms with Gasteiger partial charge in [0.2, 0.25) is 0 Å². The van der Waals surface area contributed by atoms with Crippen LogP contribution in [0.5, 0.6) is 0 Å². The van der Waals surface area contributed by atoms with Gasteiger partial charge in [-0.1, -0.05) is 0 Å². The number of rotatable bonds is 5. The van der Waals surface area contributed by atoms with E-state index in [9.17, 15) is 4.79 Å². The molecule has 0 aliphatic carbocycles. The molecule has 1 unspecified atom stereocenters. The molecule has 0 bridgehead atoms. The van der Waals surface area contributed by atoms with Crippen LogP contribution in [-0.2, 0) is 19.0 Å². The first-order chi connectivity index (χ1) is 5.99. The Morgan fingerprint density at radius 3 is 2.69 bits per heavy atom.